The normalized spacial score (nSPS) is 11.8. The number of nitrogens with zero attached hydrogens (tertiary/aromatic N) is 4. The molecule has 0 aliphatic rings. The lowest BCUT2D eigenvalue weighted by atomic mass is 10.2. The molecule has 5 nitrogen and oxygen atoms in total. The zero-order valence-corrected chi connectivity index (χ0v) is 25.7. The Labute approximate surface area is 280 Å². The van der Waals surface area contributed by atoms with E-state index in [2.05, 4.69) is 20.0 Å². The predicted octanol–water partition coefficient (Wildman–Crippen LogP) is 11.0. The maximum Gasteiger partial charge on any atom is 0.153 e. The zero-order valence-electron chi connectivity index (χ0n) is 25.7. The number of aliphatic imine (C=N–C) groups is 4. The molecule has 0 atom stereocenters. The van der Waals surface area contributed by atoms with Crippen LogP contribution in [0.4, 0.5) is 40.3 Å². The SMILES string of the molecule is Fc1ccc(C=Nc2ccc(Oc3ccc(N=Cc4ccc(F)cc4)cc3N=Cc3ccc(F)cc3)c(N=Cc3ccc(F)cc3)c2)cc1. The van der Waals surface area contributed by atoms with Crippen molar-refractivity contribution < 1.29 is 22.3 Å². The molecule has 6 rings (SSSR count). The Morgan fingerprint density at radius 1 is 0.347 bits per heavy atom. The monoisotopic (exact) mass is 654 g/mol. The van der Waals surface area contributed by atoms with Gasteiger partial charge >= 0.3 is 0 Å². The molecule has 0 N–H and O–H groups in total. The van der Waals surface area contributed by atoms with Gasteiger partial charge in [0, 0.05) is 24.9 Å². The van der Waals surface area contributed by atoms with Crippen molar-refractivity contribution >= 4 is 47.6 Å². The molecule has 0 radical (unpaired) electrons. The lowest BCUT2D eigenvalue weighted by Crippen LogP contribution is -1.89. The topological polar surface area (TPSA) is 58.7 Å². The van der Waals surface area contributed by atoms with Gasteiger partial charge in [-0.3, -0.25) is 20.0 Å². The number of rotatable bonds is 10. The molecular weight excluding hydrogens is 628 g/mol. The molecule has 9 heteroatoms. The van der Waals surface area contributed by atoms with Gasteiger partial charge in [-0.15, -0.1) is 0 Å². The third-order valence-corrected chi connectivity index (χ3v) is 7.02. The maximum absolute atomic E-state index is 13.5. The molecule has 0 heterocycles. The van der Waals surface area contributed by atoms with E-state index in [0.717, 1.165) is 0 Å². The smallest absolute Gasteiger partial charge is 0.153 e. The van der Waals surface area contributed by atoms with Crippen LogP contribution in [0, 0.1) is 23.3 Å². The van der Waals surface area contributed by atoms with E-state index < -0.39 is 0 Å². The summed E-state index contributed by atoms with van der Waals surface area (Å²) in [6.07, 6.45) is 6.37. The highest BCUT2D eigenvalue weighted by molar-refractivity contribution is 5.86. The largest absolute Gasteiger partial charge is 0.453 e. The van der Waals surface area contributed by atoms with Crippen LogP contribution in [0.25, 0.3) is 0 Å². The summed E-state index contributed by atoms with van der Waals surface area (Å²) < 4.78 is 60.1. The van der Waals surface area contributed by atoms with E-state index in [0.29, 0.717) is 56.5 Å². The first kappa shape index (κ1) is 32.5. The third-order valence-electron chi connectivity index (χ3n) is 7.02. The summed E-state index contributed by atoms with van der Waals surface area (Å²) in [7, 11) is 0. The van der Waals surface area contributed by atoms with Crippen LogP contribution in [0.5, 0.6) is 11.5 Å². The second-order valence-electron chi connectivity index (χ2n) is 10.6. The summed E-state index contributed by atoms with van der Waals surface area (Å²) in [5.41, 5.74) is 4.72. The Bertz CT molecular complexity index is 2000. The van der Waals surface area contributed by atoms with Crippen LogP contribution in [0.3, 0.4) is 0 Å². The van der Waals surface area contributed by atoms with E-state index in [4.69, 9.17) is 4.74 Å². The van der Waals surface area contributed by atoms with Crippen LogP contribution in [-0.2, 0) is 0 Å². The van der Waals surface area contributed by atoms with Gasteiger partial charge in [0.05, 0.1) is 11.4 Å². The van der Waals surface area contributed by atoms with Crippen LogP contribution < -0.4 is 4.74 Å². The first-order valence-electron chi connectivity index (χ1n) is 15.0. The second-order valence-corrected chi connectivity index (χ2v) is 10.6. The van der Waals surface area contributed by atoms with Crippen LogP contribution in [0.2, 0.25) is 0 Å². The highest BCUT2D eigenvalue weighted by Crippen LogP contribution is 2.40. The van der Waals surface area contributed by atoms with Gasteiger partial charge in [0.25, 0.3) is 0 Å². The number of ether oxygens (including phenoxy) is 1. The molecule has 0 unspecified atom stereocenters. The van der Waals surface area contributed by atoms with E-state index in [9.17, 15) is 17.6 Å². The Hall–Kier alpha value is -6.48. The van der Waals surface area contributed by atoms with Crippen LogP contribution in [0.1, 0.15) is 22.3 Å². The lowest BCUT2D eigenvalue weighted by Gasteiger charge is -2.12. The molecule has 49 heavy (non-hydrogen) atoms. The minimum absolute atomic E-state index is 0.342. The molecule has 6 aromatic carbocycles. The molecule has 0 spiro atoms. The molecule has 0 bridgehead atoms. The van der Waals surface area contributed by atoms with Crippen molar-refractivity contribution in [3.05, 3.63) is 179 Å². The van der Waals surface area contributed by atoms with Gasteiger partial charge in [-0.2, -0.15) is 0 Å². The number of benzene rings is 6. The Morgan fingerprint density at radius 3 is 0.939 bits per heavy atom. The standard InChI is InChI=1S/C40H26F4N4O/c41-31-9-1-27(2-10-31)23-45-35-17-19-39(37(21-35)47-25-29-5-13-33(43)14-6-29)49-40-20-18-36(46-24-28-3-11-32(42)12-4-28)22-38(40)48-26-30-7-15-34(44)16-8-30/h1-26H. The molecule has 0 aromatic heterocycles. The molecule has 240 valence electrons. The van der Waals surface area contributed by atoms with Crippen LogP contribution in [-0.4, -0.2) is 24.9 Å². The summed E-state index contributed by atoms with van der Waals surface area (Å²) in [5, 5.41) is 0. The average Bonchev–Trinajstić information content (AvgIpc) is 3.12. The van der Waals surface area contributed by atoms with Gasteiger partial charge in [0.1, 0.15) is 34.6 Å². The van der Waals surface area contributed by atoms with Crippen molar-refractivity contribution in [1.82, 2.24) is 0 Å². The average molecular weight is 655 g/mol. The van der Waals surface area contributed by atoms with Crippen molar-refractivity contribution in [3.63, 3.8) is 0 Å². The quantitative estimate of drug-likeness (QED) is 0.107. The van der Waals surface area contributed by atoms with E-state index in [1.54, 1.807) is 110 Å². The van der Waals surface area contributed by atoms with Gasteiger partial charge in [0.2, 0.25) is 0 Å². The van der Waals surface area contributed by atoms with E-state index >= 15 is 0 Å². The number of hydrogen-bond donors (Lipinski definition) is 0. The highest BCUT2D eigenvalue weighted by Gasteiger charge is 2.11. The molecule has 0 aliphatic carbocycles. The van der Waals surface area contributed by atoms with E-state index in [1.165, 1.54) is 48.5 Å². The van der Waals surface area contributed by atoms with Crippen LogP contribution >= 0.6 is 0 Å². The van der Waals surface area contributed by atoms with Gasteiger partial charge < -0.3 is 4.74 Å². The predicted molar refractivity (Wildman–Crippen MR) is 188 cm³/mol. The molecule has 0 saturated heterocycles. The molecule has 0 saturated carbocycles. The number of halogens is 4. The van der Waals surface area contributed by atoms with Crippen molar-refractivity contribution in [3.8, 4) is 11.5 Å². The lowest BCUT2D eigenvalue weighted by molar-refractivity contribution is 0.485. The molecule has 0 aliphatic heterocycles. The molecular formula is C40H26F4N4O. The van der Waals surface area contributed by atoms with Gasteiger partial charge in [-0.1, -0.05) is 48.5 Å². The Balaban J connectivity index is 1.35. The Kier molecular flexibility index (Phi) is 10.2. The van der Waals surface area contributed by atoms with Crippen molar-refractivity contribution in [2.24, 2.45) is 20.0 Å². The summed E-state index contributed by atoms with van der Waals surface area (Å²) in [6, 6.07) is 34.0. The van der Waals surface area contributed by atoms with Crippen molar-refractivity contribution in [2.75, 3.05) is 0 Å². The Morgan fingerprint density at radius 2 is 0.633 bits per heavy atom. The molecule has 0 fully saturated rings. The van der Waals surface area contributed by atoms with Crippen molar-refractivity contribution in [2.45, 2.75) is 0 Å². The van der Waals surface area contributed by atoms with E-state index in [-0.39, 0.29) is 23.3 Å². The third kappa shape index (κ3) is 9.30. The van der Waals surface area contributed by atoms with Crippen LogP contribution in [0.15, 0.2) is 153 Å². The second kappa shape index (κ2) is 15.4. The number of hydrogen-bond acceptors (Lipinski definition) is 5. The minimum atomic E-state index is -0.363. The molecule has 6 aromatic rings. The first-order valence-corrected chi connectivity index (χ1v) is 15.0. The highest BCUT2D eigenvalue weighted by atomic mass is 19.1. The fourth-order valence-corrected chi connectivity index (χ4v) is 4.45. The minimum Gasteiger partial charge on any atom is -0.453 e. The van der Waals surface area contributed by atoms with Gasteiger partial charge in [-0.25, -0.2) is 17.6 Å². The van der Waals surface area contributed by atoms with Gasteiger partial charge in [-0.05, 0) is 107 Å². The zero-order chi connectivity index (χ0) is 34.0. The first-order chi connectivity index (χ1) is 23.9. The fourth-order valence-electron chi connectivity index (χ4n) is 4.45. The summed E-state index contributed by atoms with van der Waals surface area (Å²) >= 11 is 0. The van der Waals surface area contributed by atoms with E-state index in [1.807, 2.05) is 0 Å². The maximum atomic E-state index is 13.5. The van der Waals surface area contributed by atoms with Crippen molar-refractivity contribution in [1.29, 1.82) is 0 Å². The van der Waals surface area contributed by atoms with Gasteiger partial charge in [0.15, 0.2) is 11.5 Å². The summed E-state index contributed by atoms with van der Waals surface area (Å²) in [6.45, 7) is 0. The summed E-state index contributed by atoms with van der Waals surface area (Å²) in [4.78, 5) is 18.3. The fraction of sp³-hybridized carbons (Fsp3) is 0. The molecule has 0 amide bonds. The summed E-state index contributed by atoms with van der Waals surface area (Å²) in [5.74, 6) is -0.662.